The molecule has 0 atom stereocenters. The second-order valence-electron chi connectivity index (χ2n) is 4.50. The number of rotatable bonds is 0. The van der Waals surface area contributed by atoms with Crippen molar-refractivity contribution >= 4 is 43.8 Å². The van der Waals surface area contributed by atoms with Crippen LogP contribution in [0.3, 0.4) is 0 Å². The predicted molar refractivity (Wildman–Crippen MR) is 61.1 cm³/mol. The summed E-state index contributed by atoms with van der Waals surface area (Å²) in [6.07, 6.45) is 0. The fourth-order valence-electron chi connectivity index (χ4n) is 0. The van der Waals surface area contributed by atoms with Gasteiger partial charge in [-0.2, -0.15) is 0 Å². The molecule has 2 N–H and O–H groups in total. The Morgan fingerprint density at radius 1 is 0.636 bits per heavy atom. The Bertz CT molecular complexity index is 61.6. The van der Waals surface area contributed by atoms with Gasteiger partial charge in [0.05, 0.1) is 0 Å². The molecule has 0 aliphatic carbocycles. The zero-order chi connectivity index (χ0) is 9.00. The van der Waals surface area contributed by atoms with Crippen LogP contribution in [-0.4, -0.2) is 43.8 Å². The zero-order valence-electron chi connectivity index (χ0n) is 8.50. The minimum absolute atomic E-state index is 0. The van der Waals surface area contributed by atoms with Crippen molar-refractivity contribution in [3.05, 3.63) is 10.8 Å². The standard InChI is InChI=1S/2C3H10NSi.Pb/c2*1-5(2,3)4;/h2*4H,1-3H3;/q2*-1;+2. The van der Waals surface area contributed by atoms with Crippen molar-refractivity contribution in [1.82, 2.24) is 0 Å². The molecule has 11 heavy (non-hydrogen) atoms. The first-order chi connectivity index (χ1) is 4.00. The molecule has 0 aliphatic rings. The summed E-state index contributed by atoms with van der Waals surface area (Å²) >= 11 is 0. The molecule has 0 saturated carbocycles. The van der Waals surface area contributed by atoms with Crippen molar-refractivity contribution in [2.45, 2.75) is 39.3 Å². The van der Waals surface area contributed by atoms with E-state index in [-0.39, 0.29) is 27.3 Å². The molecule has 5 heteroatoms. The Balaban J connectivity index is -0.000000107. The average Bonchev–Trinajstić information content (AvgIpc) is 1.12. The van der Waals surface area contributed by atoms with Crippen LogP contribution in [0.15, 0.2) is 0 Å². The summed E-state index contributed by atoms with van der Waals surface area (Å²) in [5.41, 5.74) is 0. The summed E-state index contributed by atoms with van der Waals surface area (Å²) in [6.45, 7) is 12.0. The van der Waals surface area contributed by atoms with Crippen molar-refractivity contribution < 1.29 is 0 Å². The van der Waals surface area contributed by atoms with E-state index < -0.39 is 16.5 Å². The number of nitrogens with one attached hydrogen (secondary N) is 2. The predicted octanol–water partition coefficient (Wildman–Crippen LogP) is 3.37. The first kappa shape index (κ1) is 18.1. The van der Waals surface area contributed by atoms with Gasteiger partial charge in [-0.15, -0.1) is 0 Å². The maximum absolute atomic E-state index is 7.08. The SMILES string of the molecule is C[Si](C)(C)[NH-].C[Si](C)(C)[NH-].[Pb+2]. The zero-order valence-corrected chi connectivity index (χ0v) is 14.4. The van der Waals surface area contributed by atoms with Gasteiger partial charge >= 0.3 is 27.3 Å². The third-order valence-corrected chi connectivity index (χ3v) is 0. The number of hydrogen-bond acceptors (Lipinski definition) is 0. The van der Waals surface area contributed by atoms with Crippen LogP contribution >= 0.6 is 0 Å². The Morgan fingerprint density at radius 2 is 0.636 bits per heavy atom. The minimum Gasteiger partial charge on any atom is -0.680 e. The van der Waals surface area contributed by atoms with Crippen LogP contribution in [-0.2, 0) is 0 Å². The van der Waals surface area contributed by atoms with Crippen LogP contribution in [0.1, 0.15) is 0 Å². The van der Waals surface area contributed by atoms with Gasteiger partial charge in [0.15, 0.2) is 0 Å². The second-order valence-corrected chi connectivity index (χ2v) is 13.5. The average molecular weight is 384 g/mol. The van der Waals surface area contributed by atoms with Gasteiger partial charge in [0.2, 0.25) is 0 Å². The summed E-state index contributed by atoms with van der Waals surface area (Å²) in [4.78, 5) is 0. The molecule has 0 spiro atoms. The molecule has 0 rings (SSSR count). The Morgan fingerprint density at radius 3 is 0.636 bits per heavy atom. The largest absolute Gasteiger partial charge is 2.00 e. The molecule has 0 saturated heterocycles. The van der Waals surface area contributed by atoms with Crippen molar-refractivity contribution in [3.8, 4) is 0 Å². The Kier molecular flexibility index (Phi) is 11.1. The molecule has 0 heterocycles. The second kappa shape index (κ2) is 6.76. The summed E-state index contributed by atoms with van der Waals surface area (Å²) in [6, 6.07) is 0. The van der Waals surface area contributed by atoms with E-state index in [9.17, 15) is 0 Å². The van der Waals surface area contributed by atoms with Crippen molar-refractivity contribution in [2.75, 3.05) is 0 Å². The van der Waals surface area contributed by atoms with Gasteiger partial charge < -0.3 is 10.8 Å². The third kappa shape index (κ3) is 596. The monoisotopic (exact) mass is 384 g/mol. The third-order valence-electron chi connectivity index (χ3n) is 0. The van der Waals surface area contributed by atoms with Crippen molar-refractivity contribution in [2.24, 2.45) is 0 Å². The van der Waals surface area contributed by atoms with E-state index in [1.165, 1.54) is 0 Å². The molecular formula is C6H20N2PbSi2. The van der Waals surface area contributed by atoms with Crippen molar-refractivity contribution in [1.29, 1.82) is 0 Å². The molecule has 0 aromatic carbocycles. The van der Waals surface area contributed by atoms with E-state index in [1.807, 2.05) is 39.3 Å². The maximum Gasteiger partial charge on any atom is 2.00 e. The fraction of sp³-hybridized carbons (Fsp3) is 1.00. The van der Waals surface area contributed by atoms with E-state index in [0.717, 1.165) is 0 Å². The van der Waals surface area contributed by atoms with Gasteiger partial charge in [-0.25, -0.2) is 0 Å². The van der Waals surface area contributed by atoms with E-state index in [4.69, 9.17) is 10.8 Å². The molecule has 0 unspecified atom stereocenters. The first-order valence-corrected chi connectivity index (χ1v) is 10.5. The van der Waals surface area contributed by atoms with Gasteiger partial charge in [0.1, 0.15) is 0 Å². The first-order valence-electron chi connectivity index (χ1n) is 3.50. The van der Waals surface area contributed by atoms with Gasteiger partial charge in [-0.05, 0) is 0 Å². The van der Waals surface area contributed by atoms with E-state index in [0.29, 0.717) is 0 Å². The Labute approximate surface area is 93.5 Å². The van der Waals surface area contributed by atoms with Gasteiger partial charge in [0, 0.05) is 0 Å². The molecule has 2 nitrogen and oxygen atoms in total. The molecule has 2 radical (unpaired) electrons. The molecule has 0 aromatic rings. The molecule has 0 aromatic heterocycles. The maximum atomic E-state index is 7.08. The summed E-state index contributed by atoms with van der Waals surface area (Å²) in [7, 11) is -2.72. The van der Waals surface area contributed by atoms with Crippen molar-refractivity contribution in [3.63, 3.8) is 0 Å². The molecule has 66 valence electrons. The molecular weight excluding hydrogens is 363 g/mol. The van der Waals surface area contributed by atoms with Crippen LogP contribution in [0, 0.1) is 0 Å². The summed E-state index contributed by atoms with van der Waals surface area (Å²) in [5.74, 6) is 0. The normalized spacial score (nSPS) is 10.9. The molecule has 0 amide bonds. The number of hydrogen-bond donors (Lipinski definition) is 0. The quantitative estimate of drug-likeness (QED) is 0.576. The topological polar surface area (TPSA) is 47.6 Å². The minimum atomic E-state index is -1.36. The molecule has 0 bridgehead atoms. The van der Waals surface area contributed by atoms with Crippen LogP contribution in [0.25, 0.3) is 10.8 Å². The van der Waals surface area contributed by atoms with Gasteiger partial charge in [0.25, 0.3) is 0 Å². The fourth-order valence-corrected chi connectivity index (χ4v) is 0. The van der Waals surface area contributed by atoms with E-state index in [1.54, 1.807) is 0 Å². The van der Waals surface area contributed by atoms with E-state index in [2.05, 4.69) is 0 Å². The summed E-state index contributed by atoms with van der Waals surface area (Å²) in [5, 5.41) is 14.2. The van der Waals surface area contributed by atoms with Crippen LogP contribution in [0.5, 0.6) is 0 Å². The molecule has 0 fully saturated rings. The van der Waals surface area contributed by atoms with Crippen LogP contribution < -0.4 is 0 Å². The summed E-state index contributed by atoms with van der Waals surface area (Å²) < 4.78 is 0. The van der Waals surface area contributed by atoms with Gasteiger partial charge in [-0.3, -0.25) is 0 Å². The van der Waals surface area contributed by atoms with E-state index >= 15 is 0 Å². The van der Waals surface area contributed by atoms with Gasteiger partial charge in [-0.1, -0.05) is 55.8 Å². The van der Waals surface area contributed by atoms with Crippen LogP contribution in [0.2, 0.25) is 39.3 Å². The van der Waals surface area contributed by atoms with Crippen LogP contribution in [0.4, 0.5) is 0 Å². The smallest absolute Gasteiger partial charge is 0.680 e. The molecule has 0 aliphatic heterocycles. The Hall–Kier alpha value is 1.28.